The van der Waals surface area contributed by atoms with E-state index in [1.807, 2.05) is 0 Å². The Bertz CT molecular complexity index is 358. The van der Waals surface area contributed by atoms with E-state index >= 15 is 0 Å². The molecule has 3 aliphatic rings. The second kappa shape index (κ2) is 4.76. The Hall–Kier alpha value is -0.570. The minimum atomic E-state index is 0.0477. The summed E-state index contributed by atoms with van der Waals surface area (Å²) in [6.45, 7) is 7.53. The lowest BCUT2D eigenvalue weighted by Crippen LogP contribution is -2.41. The maximum atomic E-state index is 12.6. The van der Waals surface area contributed by atoms with E-state index in [1.54, 1.807) is 0 Å². The summed E-state index contributed by atoms with van der Waals surface area (Å²) in [5, 5.41) is 3.58. The molecule has 2 unspecified atom stereocenters. The summed E-state index contributed by atoms with van der Waals surface area (Å²) < 4.78 is 0. The molecule has 19 heavy (non-hydrogen) atoms. The van der Waals surface area contributed by atoms with Crippen molar-refractivity contribution in [1.29, 1.82) is 0 Å². The Morgan fingerprint density at radius 2 is 2.05 bits per heavy atom. The van der Waals surface area contributed by atoms with Gasteiger partial charge in [0.2, 0.25) is 5.91 Å². The van der Waals surface area contributed by atoms with Gasteiger partial charge in [-0.25, -0.2) is 0 Å². The molecule has 2 atom stereocenters. The van der Waals surface area contributed by atoms with E-state index in [0.717, 1.165) is 25.3 Å². The highest BCUT2D eigenvalue weighted by Crippen LogP contribution is 2.61. The maximum Gasteiger partial charge on any atom is 0.241 e. The van der Waals surface area contributed by atoms with Crippen LogP contribution in [0.5, 0.6) is 0 Å². The second-order valence-electron chi connectivity index (χ2n) is 7.30. The van der Waals surface area contributed by atoms with Crippen LogP contribution in [-0.4, -0.2) is 29.6 Å². The third-order valence-electron chi connectivity index (χ3n) is 5.35. The molecule has 1 heterocycles. The average Bonchev–Trinajstić information content (AvgIpc) is 3.24. The van der Waals surface area contributed by atoms with Crippen LogP contribution in [0.4, 0.5) is 0 Å². The van der Waals surface area contributed by atoms with E-state index in [1.165, 1.54) is 25.7 Å². The lowest BCUT2D eigenvalue weighted by Gasteiger charge is -2.28. The summed E-state index contributed by atoms with van der Waals surface area (Å²) in [6, 6.07) is 0.0477. The quantitative estimate of drug-likeness (QED) is 0.800. The molecule has 3 rings (SSSR count). The molecule has 0 aromatic carbocycles. The Kier molecular flexibility index (Phi) is 3.36. The van der Waals surface area contributed by atoms with Crippen molar-refractivity contribution in [2.75, 3.05) is 6.54 Å². The van der Waals surface area contributed by atoms with E-state index in [0.29, 0.717) is 23.4 Å². The highest BCUT2D eigenvalue weighted by molar-refractivity contribution is 5.84. The van der Waals surface area contributed by atoms with Crippen molar-refractivity contribution in [3.8, 4) is 0 Å². The molecule has 2 saturated carbocycles. The third-order valence-corrected chi connectivity index (χ3v) is 5.35. The summed E-state index contributed by atoms with van der Waals surface area (Å²) in [5.74, 6) is 1.69. The van der Waals surface area contributed by atoms with Gasteiger partial charge >= 0.3 is 0 Å². The van der Waals surface area contributed by atoms with E-state index in [9.17, 15) is 4.79 Å². The van der Waals surface area contributed by atoms with Crippen LogP contribution in [-0.2, 0) is 4.79 Å². The van der Waals surface area contributed by atoms with Gasteiger partial charge in [0, 0.05) is 6.54 Å². The molecular weight excluding hydrogens is 236 g/mol. The Balaban J connectivity index is 1.71. The Morgan fingerprint density at radius 3 is 2.53 bits per heavy atom. The van der Waals surface area contributed by atoms with Crippen LogP contribution >= 0.6 is 0 Å². The first kappa shape index (κ1) is 13.4. The zero-order valence-corrected chi connectivity index (χ0v) is 12.6. The second-order valence-corrected chi connectivity index (χ2v) is 7.30. The molecule has 1 saturated heterocycles. The van der Waals surface area contributed by atoms with Crippen LogP contribution in [0.3, 0.4) is 0 Å². The highest BCUT2D eigenvalue weighted by Gasteiger charge is 2.56. The molecule has 3 fully saturated rings. The number of nitrogens with zero attached hydrogens (tertiary/aromatic N) is 1. The van der Waals surface area contributed by atoms with Crippen molar-refractivity contribution in [2.24, 2.45) is 17.3 Å². The van der Waals surface area contributed by atoms with Gasteiger partial charge in [-0.15, -0.1) is 0 Å². The van der Waals surface area contributed by atoms with Gasteiger partial charge in [0.1, 0.15) is 0 Å². The van der Waals surface area contributed by atoms with Gasteiger partial charge in [-0.1, -0.05) is 27.2 Å². The minimum absolute atomic E-state index is 0.0477. The first-order valence-corrected chi connectivity index (χ1v) is 8.14. The standard InChI is InChI=1S/C16H28N2O/c1-4-5-13-17-14(11(2)3)15(19)18(13)10-16(8-9-16)12-6-7-12/h11-14,17H,4-10H2,1-3H3. The van der Waals surface area contributed by atoms with Crippen LogP contribution in [0.25, 0.3) is 0 Å². The fourth-order valence-electron chi connectivity index (χ4n) is 3.77. The van der Waals surface area contributed by atoms with Crippen LogP contribution in [0.15, 0.2) is 0 Å². The maximum absolute atomic E-state index is 12.6. The molecule has 0 aromatic heterocycles. The third kappa shape index (κ3) is 2.42. The Labute approximate surface area is 117 Å². The topological polar surface area (TPSA) is 32.3 Å². The first-order valence-electron chi connectivity index (χ1n) is 8.14. The fourth-order valence-corrected chi connectivity index (χ4v) is 3.77. The molecular formula is C16H28N2O. The number of nitrogens with one attached hydrogen (secondary N) is 1. The number of hydrogen-bond donors (Lipinski definition) is 1. The average molecular weight is 264 g/mol. The molecule has 1 N–H and O–H groups in total. The van der Waals surface area contributed by atoms with Crippen molar-refractivity contribution < 1.29 is 4.79 Å². The van der Waals surface area contributed by atoms with Crippen molar-refractivity contribution >= 4 is 5.91 Å². The van der Waals surface area contributed by atoms with Crippen molar-refractivity contribution in [2.45, 2.75) is 71.5 Å². The molecule has 1 amide bonds. The molecule has 2 aliphatic carbocycles. The summed E-state index contributed by atoms with van der Waals surface area (Å²) >= 11 is 0. The SMILES string of the molecule is CCCC1NC(C(C)C)C(=O)N1CC1(C2CC2)CC1. The number of carbonyl (C=O) groups is 1. The smallest absolute Gasteiger partial charge is 0.241 e. The van der Waals surface area contributed by atoms with E-state index < -0.39 is 0 Å². The summed E-state index contributed by atoms with van der Waals surface area (Å²) in [5.41, 5.74) is 0.523. The fraction of sp³-hybridized carbons (Fsp3) is 0.938. The number of amides is 1. The minimum Gasteiger partial charge on any atom is -0.325 e. The number of hydrogen-bond acceptors (Lipinski definition) is 2. The van der Waals surface area contributed by atoms with E-state index in [2.05, 4.69) is 31.0 Å². The zero-order chi connectivity index (χ0) is 13.6. The van der Waals surface area contributed by atoms with Gasteiger partial charge < -0.3 is 4.90 Å². The first-order chi connectivity index (χ1) is 9.07. The van der Waals surface area contributed by atoms with Crippen LogP contribution < -0.4 is 5.32 Å². The number of carbonyl (C=O) groups excluding carboxylic acids is 1. The van der Waals surface area contributed by atoms with E-state index in [4.69, 9.17) is 0 Å². The summed E-state index contributed by atoms with van der Waals surface area (Å²) in [6.07, 6.45) is 8.04. The summed E-state index contributed by atoms with van der Waals surface area (Å²) in [7, 11) is 0. The number of rotatable bonds is 6. The molecule has 3 nitrogen and oxygen atoms in total. The highest BCUT2D eigenvalue weighted by atomic mass is 16.2. The van der Waals surface area contributed by atoms with Gasteiger partial charge in [-0.05, 0) is 49.4 Å². The van der Waals surface area contributed by atoms with Gasteiger partial charge in [0.25, 0.3) is 0 Å². The lowest BCUT2D eigenvalue weighted by molar-refractivity contribution is -0.131. The van der Waals surface area contributed by atoms with Crippen molar-refractivity contribution in [1.82, 2.24) is 10.2 Å². The van der Waals surface area contributed by atoms with Crippen LogP contribution in [0, 0.1) is 17.3 Å². The Morgan fingerprint density at radius 1 is 1.37 bits per heavy atom. The normalized spacial score (nSPS) is 33.3. The largest absolute Gasteiger partial charge is 0.325 e. The van der Waals surface area contributed by atoms with Gasteiger partial charge in [-0.3, -0.25) is 10.1 Å². The van der Waals surface area contributed by atoms with E-state index in [-0.39, 0.29) is 6.04 Å². The van der Waals surface area contributed by atoms with Crippen molar-refractivity contribution in [3.63, 3.8) is 0 Å². The molecule has 108 valence electrons. The van der Waals surface area contributed by atoms with Gasteiger partial charge in [0.15, 0.2) is 0 Å². The van der Waals surface area contributed by atoms with Crippen molar-refractivity contribution in [3.05, 3.63) is 0 Å². The monoisotopic (exact) mass is 264 g/mol. The molecule has 3 heteroatoms. The molecule has 0 spiro atoms. The molecule has 0 aromatic rings. The predicted molar refractivity (Wildman–Crippen MR) is 76.6 cm³/mol. The molecule has 0 bridgehead atoms. The van der Waals surface area contributed by atoms with Crippen LogP contribution in [0.2, 0.25) is 0 Å². The molecule has 0 radical (unpaired) electrons. The van der Waals surface area contributed by atoms with Crippen LogP contribution in [0.1, 0.15) is 59.3 Å². The van der Waals surface area contributed by atoms with Gasteiger partial charge in [-0.2, -0.15) is 0 Å². The lowest BCUT2D eigenvalue weighted by atomic mass is 9.99. The van der Waals surface area contributed by atoms with Gasteiger partial charge in [0.05, 0.1) is 12.2 Å². The summed E-state index contributed by atoms with van der Waals surface area (Å²) in [4.78, 5) is 14.8. The molecule has 1 aliphatic heterocycles. The zero-order valence-electron chi connectivity index (χ0n) is 12.6. The predicted octanol–water partition coefficient (Wildman–Crippen LogP) is 2.76.